The molecule has 33 heavy (non-hydrogen) atoms. The molecule has 0 unspecified atom stereocenters. The molecule has 2 aliphatic rings. The number of rotatable bonds is 5. The quantitative estimate of drug-likeness (QED) is 0.473. The lowest BCUT2D eigenvalue weighted by atomic mass is 10.1. The van der Waals surface area contributed by atoms with Crippen molar-refractivity contribution in [1.82, 2.24) is 19.8 Å². The van der Waals surface area contributed by atoms with E-state index in [1.165, 1.54) is 27.5 Å². The van der Waals surface area contributed by atoms with E-state index in [0.717, 1.165) is 21.6 Å². The van der Waals surface area contributed by atoms with E-state index >= 15 is 0 Å². The third-order valence-corrected chi connectivity index (χ3v) is 7.38. The first-order valence-electron chi connectivity index (χ1n) is 10.7. The standard InChI is InChI=1S/C23H22ClFN4O3S/c1-12-6-13(24)7-15(21(12)32-18-5-3-4-16(18)25)20-22-17(26-11-27-20)8-14(33-22)9-29-19(30)10-28(2)23(29)31/h6-8,11,16,18H,3-5,9-10H2,1-2H3/t16-,18+/m0/s1. The van der Waals surface area contributed by atoms with Crippen molar-refractivity contribution in [1.29, 1.82) is 0 Å². The van der Waals surface area contributed by atoms with Crippen molar-refractivity contribution in [3.8, 4) is 17.0 Å². The highest BCUT2D eigenvalue weighted by atomic mass is 35.5. The van der Waals surface area contributed by atoms with E-state index in [1.807, 2.05) is 13.0 Å². The van der Waals surface area contributed by atoms with Gasteiger partial charge in [0.25, 0.3) is 5.91 Å². The Morgan fingerprint density at radius 1 is 1.24 bits per heavy atom. The number of thiophene rings is 1. The highest BCUT2D eigenvalue weighted by molar-refractivity contribution is 7.19. The second-order valence-corrected chi connectivity index (χ2v) is 10.0. The van der Waals surface area contributed by atoms with E-state index in [0.29, 0.717) is 40.4 Å². The number of likely N-dealkylation sites (N-methyl/N-ethyl adjacent to an activating group) is 1. The molecule has 0 N–H and O–H groups in total. The Hall–Kier alpha value is -2.78. The summed E-state index contributed by atoms with van der Waals surface area (Å²) >= 11 is 7.79. The lowest BCUT2D eigenvalue weighted by molar-refractivity contribution is -0.125. The number of urea groups is 1. The third kappa shape index (κ3) is 4.04. The van der Waals surface area contributed by atoms with Crippen LogP contribution in [0.5, 0.6) is 5.75 Å². The van der Waals surface area contributed by atoms with Gasteiger partial charge in [-0.25, -0.2) is 19.2 Å². The molecule has 1 aliphatic heterocycles. The van der Waals surface area contributed by atoms with Gasteiger partial charge in [-0.2, -0.15) is 0 Å². The van der Waals surface area contributed by atoms with Crippen LogP contribution in [0, 0.1) is 6.92 Å². The molecule has 0 bridgehead atoms. The Morgan fingerprint density at radius 3 is 2.76 bits per heavy atom. The molecule has 2 aromatic heterocycles. The lowest BCUT2D eigenvalue weighted by Gasteiger charge is -2.20. The zero-order chi connectivity index (χ0) is 23.3. The summed E-state index contributed by atoms with van der Waals surface area (Å²) in [7, 11) is 1.60. The SMILES string of the molecule is Cc1cc(Cl)cc(-c2ncnc3cc(CN4C(=O)CN(C)C4=O)sc23)c1O[C@@H]1CCC[C@@H]1F. The fourth-order valence-corrected chi connectivity index (χ4v) is 5.76. The summed E-state index contributed by atoms with van der Waals surface area (Å²) in [5.41, 5.74) is 2.80. The number of carbonyl (C=O) groups excluding carboxylic acids is 2. The zero-order valence-electron chi connectivity index (χ0n) is 18.2. The van der Waals surface area contributed by atoms with Crippen LogP contribution in [0.4, 0.5) is 9.18 Å². The van der Waals surface area contributed by atoms with Gasteiger partial charge in [0.1, 0.15) is 30.9 Å². The van der Waals surface area contributed by atoms with Gasteiger partial charge in [0, 0.05) is 22.5 Å². The van der Waals surface area contributed by atoms with Crippen molar-refractivity contribution in [3.63, 3.8) is 0 Å². The van der Waals surface area contributed by atoms with Gasteiger partial charge in [-0.15, -0.1) is 11.3 Å². The number of benzene rings is 1. The predicted molar refractivity (Wildman–Crippen MR) is 124 cm³/mol. The maximum absolute atomic E-state index is 14.3. The van der Waals surface area contributed by atoms with Crippen molar-refractivity contribution >= 4 is 45.1 Å². The van der Waals surface area contributed by atoms with Crippen LogP contribution >= 0.6 is 22.9 Å². The zero-order valence-corrected chi connectivity index (χ0v) is 19.7. The summed E-state index contributed by atoms with van der Waals surface area (Å²) in [5, 5.41) is 0.526. The van der Waals surface area contributed by atoms with E-state index in [-0.39, 0.29) is 25.0 Å². The molecule has 0 spiro atoms. The Kier molecular flexibility index (Phi) is 5.70. The van der Waals surface area contributed by atoms with E-state index < -0.39 is 12.3 Å². The first-order valence-corrected chi connectivity index (χ1v) is 11.9. The van der Waals surface area contributed by atoms with Crippen molar-refractivity contribution in [2.75, 3.05) is 13.6 Å². The molecule has 1 saturated heterocycles. The number of amides is 3. The number of imide groups is 1. The van der Waals surface area contributed by atoms with Gasteiger partial charge in [0.05, 0.1) is 22.5 Å². The van der Waals surface area contributed by atoms with E-state index in [2.05, 4.69) is 9.97 Å². The molecule has 5 rings (SSSR count). The highest BCUT2D eigenvalue weighted by Crippen LogP contribution is 2.42. The first kappa shape index (κ1) is 22.0. The summed E-state index contributed by atoms with van der Waals surface area (Å²) in [6, 6.07) is 5.11. The number of halogens is 2. The Morgan fingerprint density at radius 2 is 2.06 bits per heavy atom. The Bertz CT molecular complexity index is 1270. The first-order chi connectivity index (χ1) is 15.8. The van der Waals surface area contributed by atoms with Gasteiger partial charge in [-0.05, 0) is 49.9 Å². The molecule has 1 aliphatic carbocycles. The topological polar surface area (TPSA) is 75.6 Å². The van der Waals surface area contributed by atoms with Crippen LogP contribution in [0.25, 0.3) is 21.5 Å². The van der Waals surface area contributed by atoms with Crippen molar-refractivity contribution in [2.45, 2.75) is 45.0 Å². The largest absolute Gasteiger partial charge is 0.486 e. The van der Waals surface area contributed by atoms with Crippen LogP contribution in [0.1, 0.15) is 29.7 Å². The lowest BCUT2D eigenvalue weighted by Crippen LogP contribution is -2.30. The molecule has 10 heteroatoms. The van der Waals surface area contributed by atoms with Gasteiger partial charge in [-0.3, -0.25) is 9.69 Å². The maximum Gasteiger partial charge on any atom is 0.327 e. The predicted octanol–water partition coefficient (Wildman–Crippen LogP) is 4.98. The van der Waals surface area contributed by atoms with Gasteiger partial charge in [0.15, 0.2) is 0 Å². The molecule has 0 radical (unpaired) electrons. The smallest absolute Gasteiger partial charge is 0.327 e. The molecule has 3 aromatic rings. The highest BCUT2D eigenvalue weighted by Gasteiger charge is 2.34. The molecule has 3 amide bonds. The number of ether oxygens (including phenoxy) is 1. The average Bonchev–Trinajstić information content (AvgIpc) is 3.43. The van der Waals surface area contributed by atoms with E-state index in [1.54, 1.807) is 19.2 Å². The Labute approximate surface area is 199 Å². The third-order valence-electron chi connectivity index (χ3n) is 6.04. The van der Waals surface area contributed by atoms with Gasteiger partial charge in [0.2, 0.25) is 0 Å². The summed E-state index contributed by atoms with van der Waals surface area (Å²) in [6.45, 7) is 2.13. The fourth-order valence-electron chi connectivity index (χ4n) is 4.38. The normalized spacial score (nSPS) is 21.0. The number of carbonyl (C=O) groups is 2. The number of aryl methyl sites for hydroxylation is 1. The number of alkyl halides is 1. The van der Waals surface area contributed by atoms with E-state index in [9.17, 15) is 14.0 Å². The van der Waals surface area contributed by atoms with Crippen molar-refractivity contribution < 1.29 is 18.7 Å². The maximum atomic E-state index is 14.3. The summed E-state index contributed by atoms with van der Waals surface area (Å²) < 4.78 is 21.3. The Balaban J connectivity index is 1.55. The van der Waals surface area contributed by atoms with Gasteiger partial charge < -0.3 is 9.64 Å². The number of fused-ring (bicyclic) bond motifs is 1. The van der Waals surface area contributed by atoms with Crippen LogP contribution in [-0.4, -0.2) is 57.6 Å². The van der Waals surface area contributed by atoms with E-state index in [4.69, 9.17) is 16.3 Å². The van der Waals surface area contributed by atoms with Crippen LogP contribution in [-0.2, 0) is 11.3 Å². The summed E-state index contributed by atoms with van der Waals surface area (Å²) in [4.78, 5) is 36.8. The van der Waals surface area contributed by atoms with Gasteiger partial charge >= 0.3 is 6.03 Å². The van der Waals surface area contributed by atoms with Crippen LogP contribution < -0.4 is 4.74 Å². The minimum absolute atomic E-state index is 0.0774. The molecule has 1 saturated carbocycles. The van der Waals surface area contributed by atoms with Crippen LogP contribution in [0.2, 0.25) is 5.02 Å². The molecular formula is C23H22ClFN4O3S. The number of nitrogens with zero attached hydrogens (tertiary/aromatic N) is 4. The minimum atomic E-state index is -1.000. The summed E-state index contributed by atoms with van der Waals surface area (Å²) in [6.07, 6.45) is 1.92. The molecule has 2 atom stereocenters. The average molecular weight is 489 g/mol. The van der Waals surface area contributed by atoms with Crippen molar-refractivity contribution in [2.24, 2.45) is 0 Å². The molecule has 7 nitrogen and oxygen atoms in total. The molecule has 2 fully saturated rings. The van der Waals surface area contributed by atoms with Crippen LogP contribution in [0.3, 0.4) is 0 Å². The fraction of sp³-hybridized carbons (Fsp3) is 0.391. The molecule has 1 aromatic carbocycles. The van der Waals surface area contributed by atoms with Gasteiger partial charge in [-0.1, -0.05) is 11.6 Å². The number of aromatic nitrogens is 2. The minimum Gasteiger partial charge on any atom is -0.486 e. The summed E-state index contributed by atoms with van der Waals surface area (Å²) in [5.74, 6) is 0.333. The molecule has 3 heterocycles. The molecule has 172 valence electrons. The number of hydrogen-bond donors (Lipinski definition) is 0. The monoisotopic (exact) mass is 488 g/mol. The number of hydrogen-bond acceptors (Lipinski definition) is 6. The second-order valence-electron chi connectivity index (χ2n) is 8.47. The van der Waals surface area contributed by atoms with Crippen LogP contribution in [0.15, 0.2) is 24.5 Å². The molecular weight excluding hydrogens is 467 g/mol. The van der Waals surface area contributed by atoms with Crippen molar-refractivity contribution in [3.05, 3.63) is 40.0 Å². The second kappa shape index (κ2) is 8.53.